The molecule has 1 heterocycles. The molecule has 0 spiro atoms. The first-order chi connectivity index (χ1) is 7.38. The van der Waals surface area contributed by atoms with Crippen LogP contribution in [-0.2, 0) is 13.0 Å². The Morgan fingerprint density at radius 2 is 1.93 bits per heavy atom. The molecule has 0 fully saturated rings. The van der Waals surface area contributed by atoms with Crippen molar-refractivity contribution in [2.75, 3.05) is 6.67 Å². The number of hydrogen-bond donors (Lipinski definition) is 0. The van der Waals surface area contributed by atoms with Crippen molar-refractivity contribution in [3.8, 4) is 0 Å². The second-order valence-electron chi connectivity index (χ2n) is 3.46. The molecule has 2 aromatic rings. The van der Waals surface area contributed by atoms with Crippen LogP contribution in [0.3, 0.4) is 0 Å². The summed E-state index contributed by atoms with van der Waals surface area (Å²) in [5, 5.41) is 4.08. The summed E-state index contributed by atoms with van der Waals surface area (Å²) in [5.41, 5.74) is 2.37. The Morgan fingerprint density at radius 1 is 1.13 bits per heavy atom. The first-order valence-corrected chi connectivity index (χ1v) is 5.00. The number of benzene rings is 1. The van der Waals surface area contributed by atoms with E-state index in [4.69, 9.17) is 0 Å². The van der Waals surface area contributed by atoms with Gasteiger partial charge in [0.1, 0.15) is 6.67 Å². The Kier molecular flexibility index (Phi) is 3.12. The van der Waals surface area contributed by atoms with Crippen LogP contribution in [0.4, 0.5) is 4.39 Å². The summed E-state index contributed by atoms with van der Waals surface area (Å²) in [6.45, 7) is -0.0265. The van der Waals surface area contributed by atoms with Crippen molar-refractivity contribution >= 4 is 0 Å². The van der Waals surface area contributed by atoms with Crippen molar-refractivity contribution < 1.29 is 4.39 Å². The smallest absolute Gasteiger partial charge is 0.109 e. The number of rotatable bonds is 4. The maximum Gasteiger partial charge on any atom is 0.109 e. The van der Waals surface area contributed by atoms with Crippen LogP contribution in [0, 0.1) is 0 Å². The molecule has 78 valence electrons. The Hall–Kier alpha value is -1.64. The van der Waals surface area contributed by atoms with Crippen molar-refractivity contribution in [1.29, 1.82) is 0 Å². The van der Waals surface area contributed by atoms with E-state index in [1.807, 2.05) is 24.4 Å². The van der Waals surface area contributed by atoms with E-state index in [2.05, 4.69) is 17.2 Å². The largest absolute Gasteiger partial charge is 0.270 e. The van der Waals surface area contributed by atoms with Gasteiger partial charge in [-0.05, 0) is 11.1 Å². The second-order valence-corrected chi connectivity index (χ2v) is 3.46. The quantitative estimate of drug-likeness (QED) is 0.748. The van der Waals surface area contributed by atoms with Gasteiger partial charge in [-0.2, -0.15) is 5.10 Å². The lowest BCUT2D eigenvalue weighted by molar-refractivity contribution is 0.427. The minimum Gasteiger partial charge on any atom is -0.270 e. The van der Waals surface area contributed by atoms with E-state index in [9.17, 15) is 4.39 Å². The Labute approximate surface area is 88.4 Å². The zero-order valence-electron chi connectivity index (χ0n) is 8.44. The fraction of sp³-hybridized carbons (Fsp3) is 0.250. The third kappa shape index (κ3) is 2.65. The second kappa shape index (κ2) is 4.73. The van der Waals surface area contributed by atoms with Gasteiger partial charge >= 0.3 is 0 Å². The summed E-state index contributed by atoms with van der Waals surface area (Å²) >= 11 is 0. The minimum atomic E-state index is -0.369. The highest BCUT2D eigenvalue weighted by molar-refractivity contribution is 5.22. The van der Waals surface area contributed by atoms with E-state index >= 15 is 0 Å². The van der Waals surface area contributed by atoms with Gasteiger partial charge in [-0.1, -0.05) is 30.3 Å². The van der Waals surface area contributed by atoms with Crippen LogP contribution in [0.15, 0.2) is 42.7 Å². The average Bonchev–Trinajstić information content (AvgIpc) is 2.68. The van der Waals surface area contributed by atoms with Crippen molar-refractivity contribution in [1.82, 2.24) is 9.78 Å². The first kappa shape index (κ1) is 9.90. The number of alkyl halides is 1. The number of aromatic nitrogens is 2. The van der Waals surface area contributed by atoms with Gasteiger partial charge in [0.15, 0.2) is 0 Å². The summed E-state index contributed by atoms with van der Waals surface area (Å²) in [5.74, 6) is 0. The minimum absolute atomic E-state index is 0.342. The van der Waals surface area contributed by atoms with Gasteiger partial charge in [-0.3, -0.25) is 4.68 Å². The standard InChI is InChI=1S/C12H13FN2/c13-6-7-15-10-12(9-14-15)8-11-4-2-1-3-5-11/h1-5,9-10H,6-8H2. The lowest BCUT2D eigenvalue weighted by atomic mass is 10.1. The van der Waals surface area contributed by atoms with Crippen LogP contribution >= 0.6 is 0 Å². The fourth-order valence-electron chi connectivity index (χ4n) is 1.54. The number of halogens is 1. The fourth-order valence-corrected chi connectivity index (χ4v) is 1.54. The molecule has 1 aromatic carbocycles. The molecule has 0 saturated heterocycles. The predicted molar refractivity (Wildman–Crippen MR) is 57.5 cm³/mol. The maximum atomic E-state index is 12.1. The van der Waals surface area contributed by atoms with Crippen LogP contribution in [0.25, 0.3) is 0 Å². The molecular weight excluding hydrogens is 191 g/mol. The molecule has 0 unspecified atom stereocenters. The normalized spacial score (nSPS) is 10.5. The summed E-state index contributed by atoms with van der Waals surface area (Å²) in [6.07, 6.45) is 4.54. The molecule has 0 radical (unpaired) electrons. The maximum absolute atomic E-state index is 12.1. The molecule has 0 aliphatic rings. The highest BCUT2D eigenvalue weighted by atomic mass is 19.1. The Bertz CT molecular complexity index is 409. The van der Waals surface area contributed by atoms with E-state index in [0.717, 1.165) is 12.0 Å². The van der Waals surface area contributed by atoms with Gasteiger partial charge in [0.05, 0.1) is 12.7 Å². The molecular formula is C12H13FN2. The molecule has 15 heavy (non-hydrogen) atoms. The highest BCUT2D eigenvalue weighted by Gasteiger charge is 1.99. The molecule has 0 aliphatic carbocycles. The monoisotopic (exact) mass is 204 g/mol. The Morgan fingerprint density at radius 3 is 2.67 bits per heavy atom. The SMILES string of the molecule is FCCn1cc(Cc2ccccc2)cn1. The van der Waals surface area contributed by atoms with Crippen LogP contribution in [-0.4, -0.2) is 16.5 Å². The number of nitrogens with zero attached hydrogens (tertiary/aromatic N) is 2. The molecule has 0 amide bonds. The zero-order valence-corrected chi connectivity index (χ0v) is 8.44. The number of hydrogen-bond acceptors (Lipinski definition) is 1. The molecule has 3 heteroatoms. The van der Waals surface area contributed by atoms with E-state index in [-0.39, 0.29) is 6.67 Å². The van der Waals surface area contributed by atoms with E-state index < -0.39 is 0 Å². The summed E-state index contributed by atoms with van der Waals surface area (Å²) < 4.78 is 13.7. The molecule has 2 nitrogen and oxygen atoms in total. The molecule has 0 atom stereocenters. The van der Waals surface area contributed by atoms with Crippen molar-refractivity contribution in [2.24, 2.45) is 0 Å². The van der Waals surface area contributed by atoms with Gasteiger partial charge in [-0.25, -0.2) is 4.39 Å². The lowest BCUT2D eigenvalue weighted by Crippen LogP contribution is -1.98. The molecule has 0 aliphatic heterocycles. The van der Waals surface area contributed by atoms with Gasteiger partial charge in [-0.15, -0.1) is 0 Å². The zero-order chi connectivity index (χ0) is 10.5. The number of aryl methyl sites for hydroxylation is 1. The first-order valence-electron chi connectivity index (χ1n) is 5.00. The van der Waals surface area contributed by atoms with Crippen molar-refractivity contribution in [2.45, 2.75) is 13.0 Å². The third-order valence-electron chi connectivity index (χ3n) is 2.25. The summed E-state index contributed by atoms with van der Waals surface area (Å²) in [4.78, 5) is 0. The summed E-state index contributed by atoms with van der Waals surface area (Å²) in [7, 11) is 0. The van der Waals surface area contributed by atoms with Crippen LogP contribution in [0.5, 0.6) is 0 Å². The molecule has 0 bridgehead atoms. The average molecular weight is 204 g/mol. The van der Waals surface area contributed by atoms with Gasteiger partial charge < -0.3 is 0 Å². The van der Waals surface area contributed by atoms with E-state index in [1.165, 1.54) is 5.56 Å². The molecule has 1 aromatic heterocycles. The van der Waals surface area contributed by atoms with Gasteiger partial charge in [0.25, 0.3) is 0 Å². The van der Waals surface area contributed by atoms with Gasteiger partial charge in [0.2, 0.25) is 0 Å². The summed E-state index contributed by atoms with van der Waals surface area (Å²) in [6, 6.07) is 10.2. The Balaban J connectivity index is 2.05. The van der Waals surface area contributed by atoms with Crippen molar-refractivity contribution in [3.63, 3.8) is 0 Å². The molecule has 0 N–H and O–H groups in total. The molecule has 0 saturated carbocycles. The van der Waals surface area contributed by atoms with Crippen LogP contribution in [0.1, 0.15) is 11.1 Å². The topological polar surface area (TPSA) is 17.8 Å². The lowest BCUT2D eigenvalue weighted by Gasteiger charge is -1.97. The predicted octanol–water partition coefficient (Wildman–Crippen LogP) is 2.44. The highest BCUT2D eigenvalue weighted by Crippen LogP contribution is 2.07. The van der Waals surface area contributed by atoms with E-state index in [1.54, 1.807) is 10.9 Å². The van der Waals surface area contributed by atoms with Crippen LogP contribution in [0.2, 0.25) is 0 Å². The van der Waals surface area contributed by atoms with Crippen LogP contribution < -0.4 is 0 Å². The van der Waals surface area contributed by atoms with Gasteiger partial charge in [0, 0.05) is 12.6 Å². The van der Waals surface area contributed by atoms with Crippen molar-refractivity contribution in [3.05, 3.63) is 53.9 Å². The third-order valence-corrected chi connectivity index (χ3v) is 2.25. The molecule has 2 rings (SSSR count). The van der Waals surface area contributed by atoms with E-state index in [0.29, 0.717) is 6.54 Å².